The van der Waals surface area contributed by atoms with Crippen LogP contribution in [0.3, 0.4) is 0 Å². The van der Waals surface area contributed by atoms with Gasteiger partial charge in [-0.05, 0) is 24.1 Å². The molecule has 0 saturated heterocycles. The molecule has 0 aliphatic rings. The lowest BCUT2D eigenvalue weighted by molar-refractivity contribution is 1.00. The molecule has 3 N–H and O–H groups in total. The van der Waals surface area contributed by atoms with E-state index in [9.17, 15) is 0 Å². The van der Waals surface area contributed by atoms with Crippen molar-refractivity contribution in [1.82, 2.24) is 4.98 Å². The molecular formula is C14H14N4. The number of nitrogens with two attached hydrogens (primary N) is 1. The molecule has 4 heteroatoms. The van der Waals surface area contributed by atoms with Crippen molar-refractivity contribution in [2.45, 2.75) is 6.42 Å². The van der Waals surface area contributed by atoms with Gasteiger partial charge in [0.25, 0.3) is 0 Å². The molecule has 1 aromatic carbocycles. The highest BCUT2D eigenvalue weighted by molar-refractivity contribution is 5.54. The van der Waals surface area contributed by atoms with Crippen molar-refractivity contribution in [2.75, 3.05) is 17.6 Å². The van der Waals surface area contributed by atoms with Gasteiger partial charge in [0.15, 0.2) is 5.69 Å². The molecule has 0 aliphatic heterocycles. The monoisotopic (exact) mass is 238 g/mol. The van der Waals surface area contributed by atoms with Crippen molar-refractivity contribution in [3.05, 3.63) is 53.7 Å². The Balaban J connectivity index is 1.93. The van der Waals surface area contributed by atoms with E-state index in [1.54, 1.807) is 12.1 Å². The highest BCUT2D eigenvalue weighted by Gasteiger charge is 2.01. The van der Waals surface area contributed by atoms with Gasteiger partial charge in [0.2, 0.25) is 0 Å². The first-order valence-corrected chi connectivity index (χ1v) is 5.74. The predicted molar refractivity (Wildman–Crippen MR) is 72.0 cm³/mol. The summed E-state index contributed by atoms with van der Waals surface area (Å²) < 4.78 is 0. The third kappa shape index (κ3) is 2.98. The summed E-state index contributed by atoms with van der Waals surface area (Å²) in [5.74, 6) is 0.677. The molecule has 0 spiro atoms. The van der Waals surface area contributed by atoms with Crippen LogP contribution in [0.5, 0.6) is 0 Å². The summed E-state index contributed by atoms with van der Waals surface area (Å²) in [6.45, 7) is 0.770. The second-order valence-corrected chi connectivity index (χ2v) is 3.91. The first kappa shape index (κ1) is 11.9. The van der Waals surface area contributed by atoms with Gasteiger partial charge in [-0.1, -0.05) is 30.3 Å². The maximum Gasteiger partial charge on any atom is 0.165 e. The van der Waals surface area contributed by atoms with E-state index in [1.807, 2.05) is 24.3 Å². The quantitative estimate of drug-likeness (QED) is 0.856. The van der Waals surface area contributed by atoms with Crippen LogP contribution in [0.2, 0.25) is 0 Å². The molecule has 0 bridgehead atoms. The van der Waals surface area contributed by atoms with E-state index < -0.39 is 0 Å². The normalized spacial score (nSPS) is 9.72. The highest BCUT2D eigenvalue weighted by Crippen LogP contribution is 2.12. The van der Waals surface area contributed by atoms with Gasteiger partial charge in [-0.15, -0.1) is 0 Å². The number of nitrogens with zero attached hydrogens (tertiary/aromatic N) is 2. The van der Waals surface area contributed by atoms with E-state index in [-0.39, 0.29) is 5.69 Å². The van der Waals surface area contributed by atoms with Crippen LogP contribution in [0.15, 0.2) is 42.5 Å². The molecule has 0 radical (unpaired) electrons. The molecule has 2 aromatic rings. The molecule has 0 aliphatic carbocycles. The molecule has 0 unspecified atom stereocenters. The minimum atomic E-state index is 0.264. The Morgan fingerprint density at radius 2 is 1.94 bits per heavy atom. The second kappa shape index (κ2) is 5.69. The van der Waals surface area contributed by atoms with Gasteiger partial charge in [0.1, 0.15) is 11.9 Å². The van der Waals surface area contributed by atoms with E-state index in [2.05, 4.69) is 22.4 Å². The standard InChI is InChI=1S/C14H14N4/c15-10-13-12(16)6-7-14(18-13)17-9-8-11-4-2-1-3-5-11/h1-7H,8-9,16H2,(H,17,18). The Hall–Kier alpha value is -2.54. The van der Waals surface area contributed by atoms with Gasteiger partial charge < -0.3 is 11.1 Å². The fourth-order valence-corrected chi connectivity index (χ4v) is 1.64. The summed E-state index contributed by atoms with van der Waals surface area (Å²) in [6, 6.07) is 15.6. The number of benzene rings is 1. The Bertz CT molecular complexity index is 558. The van der Waals surface area contributed by atoms with Crippen molar-refractivity contribution in [3.63, 3.8) is 0 Å². The zero-order valence-corrected chi connectivity index (χ0v) is 9.93. The second-order valence-electron chi connectivity index (χ2n) is 3.91. The van der Waals surface area contributed by atoms with E-state index in [4.69, 9.17) is 11.0 Å². The molecule has 90 valence electrons. The zero-order chi connectivity index (χ0) is 12.8. The highest BCUT2D eigenvalue weighted by atomic mass is 15.0. The Labute approximate surface area is 106 Å². The van der Waals surface area contributed by atoms with Crippen LogP contribution < -0.4 is 11.1 Å². The Morgan fingerprint density at radius 3 is 2.67 bits per heavy atom. The first-order chi connectivity index (χ1) is 8.79. The van der Waals surface area contributed by atoms with Gasteiger partial charge in [0, 0.05) is 6.54 Å². The van der Waals surface area contributed by atoms with Gasteiger partial charge in [-0.25, -0.2) is 4.98 Å². The number of anilines is 2. The largest absolute Gasteiger partial charge is 0.396 e. The molecule has 2 rings (SSSR count). The molecule has 0 amide bonds. The smallest absolute Gasteiger partial charge is 0.165 e. The third-order valence-corrected chi connectivity index (χ3v) is 2.59. The Morgan fingerprint density at radius 1 is 1.17 bits per heavy atom. The minimum absolute atomic E-state index is 0.264. The van der Waals surface area contributed by atoms with Gasteiger partial charge in [-0.3, -0.25) is 0 Å². The molecule has 4 nitrogen and oxygen atoms in total. The van der Waals surface area contributed by atoms with Crippen molar-refractivity contribution in [3.8, 4) is 6.07 Å². The maximum atomic E-state index is 8.83. The summed E-state index contributed by atoms with van der Waals surface area (Å²) in [7, 11) is 0. The topological polar surface area (TPSA) is 74.7 Å². The lowest BCUT2D eigenvalue weighted by Gasteiger charge is -2.06. The van der Waals surface area contributed by atoms with Crippen molar-refractivity contribution >= 4 is 11.5 Å². The molecule has 18 heavy (non-hydrogen) atoms. The SMILES string of the molecule is N#Cc1nc(NCCc2ccccc2)ccc1N. The van der Waals surface area contributed by atoms with E-state index in [0.717, 1.165) is 13.0 Å². The summed E-state index contributed by atoms with van der Waals surface area (Å²) in [5, 5.41) is 12.0. The van der Waals surface area contributed by atoms with E-state index >= 15 is 0 Å². The van der Waals surface area contributed by atoms with Crippen LogP contribution in [0.1, 0.15) is 11.3 Å². The Kier molecular flexibility index (Phi) is 3.77. The van der Waals surface area contributed by atoms with Gasteiger partial charge in [-0.2, -0.15) is 5.26 Å². The predicted octanol–water partition coefficient (Wildman–Crippen LogP) is 2.19. The molecule has 0 fully saturated rings. The van der Waals surface area contributed by atoms with E-state index in [1.165, 1.54) is 5.56 Å². The third-order valence-electron chi connectivity index (χ3n) is 2.59. The number of nitrogen functional groups attached to an aromatic ring is 1. The number of hydrogen-bond acceptors (Lipinski definition) is 4. The average molecular weight is 238 g/mol. The van der Waals surface area contributed by atoms with Crippen molar-refractivity contribution in [1.29, 1.82) is 5.26 Å². The van der Waals surface area contributed by atoms with E-state index in [0.29, 0.717) is 11.5 Å². The fourth-order valence-electron chi connectivity index (χ4n) is 1.64. The number of nitrogens with one attached hydrogen (secondary N) is 1. The zero-order valence-electron chi connectivity index (χ0n) is 9.93. The summed E-state index contributed by atoms with van der Waals surface area (Å²) in [4.78, 5) is 4.12. The molecule has 0 saturated carbocycles. The van der Waals surface area contributed by atoms with Crippen molar-refractivity contribution in [2.24, 2.45) is 0 Å². The number of hydrogen-bond donors (Lipinski definition) is 2. The molecule has 1 aromatic heterocycles. The van der Waals surface area contributed by atoms with Crippen LogP contribution in [0.4, 0.5) is 11.5 Å². The lowest BCUT2D eigenvalue weighted by Crippen LogP contribution is -2.07. The number of rotatable bonds is 4. The van der Waals surface area contributed by atoms with Crippen LogP contribution >= 0.6 is 0 Å². The fraction of sp³-hybridized carbons (Fsp3) is 0.143. The average Bonchev–Trinajstić information content (AvgIpc) is 2.42. The summed E-state index contributed by atoms with van der Waals surface area (Å²) in [6.07, 6.45) is 0.911. The number of nitriles is 1. The first-order valence-electron chi connectivity index (χ1n) is 5.74. The molecular weight excluding hydrogens is 224 g/mol. The summed E-state index contributed by atoms with van der Waals surface area (Å²) >= 11 is 0. The minimum Gasteiger partial charge on any atom is -0.396 e. The van der Waals surface area contributed by atoms with Crippen LogP contribution in [0.25, 0.3) is 0 Å². The van der Waals surface area contributed by atoms with Gasteiger partial charge >= 0.3 is 0 Å². The number of aromatic nitrogens is 1. The number of pyridine rings is 1. The van der Waals surface area contributed by atoms with Crippen LogP contribution in [-0.4, -0.2) is 11.5 Å². The molecule has 1 heterocycles. The lowest BCUT2D eigenvalue weighted by atomic mass is 10.1. The van der Waals surface area contributed by atoms with Crippen LogP contribution in [-0.2, 0) is 6.42 Å². The van der Waals surface area contributed by atoms with Crippen molar-refractivity contribution < 1.29 is 0 Å². The maximum absolute atomic E-state index is 8.83. The van der Waals surface area contributed by atoms with Crippen LogP contribution in [0, 0.1) is 11.3 Å². The summed E-state index contributed by atoms with van der Waals surface area (Å²) in [5.41, 5.74) is 7.54. The van der Waals surface area contributed by atoms with Gasteiger partial charge in [0.05, 0.1) is 5.69 Å². The molecule has 0 atom stereocenters.